The molecular formula is C12H13N5O. The Bertz CT molecular complexity index is 662. The monoisotopic (exact) mass is 243 g/mol. The lowest BCUT2D eigenvalue weighted by molar-refractivity contribution is 0.726. The Morgan fingerprint density at radius 3 is 2.94 bits per heavy atom. The summed E-state index contributed by atoms with van der Waals surface area (Å²) in [6, 6.07) is 8.91. The third-order valence-corrected chi connectivity index (χ3v) is 2.49. The number of aryl methyl sites for hydroxylation is 1. The van der Waals surface area contributed by atoms with E-state index in [1.807, 2.05) is 6.92 Å². The topological polar surface area (TPSA) is 75.6 Å². The van der Waals surface area contributed by atoms with E-state index in [0.717, 1.165) is 0 Å². The molecule has 0 aliphatic heterocycles. The van der Waals surface area contributed by atoms with Crippen molar-refractivity contribution in [3.05, 3.63) is 40.3 Å². The van der Waals surface area contributed by atoms with Crippen molar-refractivity contribution in [2.24, 2.45) is 7.05 Å². The van der Waals surface area contributed by atoms with Gasteiger partial charge < -0.3 is 5.32 Å². The molecule has 0 amide bonds. The van der Waals surface area contributed by atoms with E-state index in [9.17, 15) is 4.79 Å². The highest BCUT2D eigenvalue weighted by Gasteiger charge is 2.12. The van der Waals surface area contributed by atoms with Crippen LogP contribution in [0.3, 0.4) is 0 Å². The maximum absolute atomic E-state index is 12.0. The zero-order chi connectivity index (χ0) is 13.1. The minimum Gasteiger partial charge on any atom is -0.354 e. The number of hydrogen-bond acceptors (Lipinski definition) is 4. The first-order valence-electron chi connectivity index (χ1n) is 5.58. The van der Waals surface area contributed by atoms with E-state index in [1.54, 1.807) is 31.3 Å². The zero-order valence-electron chi connectivity index (χ0n) is 10.2. The third-order valence-electron chi connectivity index (χ3n) is 2.49. The number of aromatic nitrogens is 3. The smallest absolute Gasteiger partial charge is 0.351 e. The first kappa shape index (κ1) is 11.9. The zero-order valence-corrected chi connectivity index (χ0v) is 10.2. The maximum atomic E-state index is 12.0. The van der Waals surface area contributed by atoms with Gasteiger partial charge in [0.05, 0.1) is 17.3 Å². The first-order chi connectivity index (χ1) is 8.67. The molecule has 0 aliphatic carbocycles. The van der Waals surface area contributed by atoms with Crippen LogP contribution in [0.1, 0.15) is 12.5 Å². The molecular weight excluding hydrogens is 230 g/mol. The van der Waals surface area contributed by atoms with Gasteiger partial charge in [0.2, 0.25) is 5.95 Å². The van der Waals surface area contributed by atoms with Crippen molar-refractivity contribution in [2.75, 3.05) is 11.9 Å². The number of nitrogens with one attached hydrogen (secondary N) is 1. The second-order valence-corrected chi connectivity index (χ2v) is 3.76. The molecule has 0 fully saturated rings. The van der Waals surface area contributed by atoms with Crippen molar-refractivity contribution >= 4 is 5.95 Å². The van der Waals surface area contributed by atoms with E-state index in [1.165, 1.54) is 9.25 Å². The minimum absolute atomic E-state index is 0.249. The van der Waals surface area contributed by atoms with Gasteiger partial charge in [-0.05, 0) is 25.1 Å². The second kappa shape index (κ2) is 4.75. The summed E-state index contributed by atoms with van der Waals surface area (Å²) in [7, 11) is 1.59. The predicted molar refractivity (Wildman–Crippen MR) is 67.7 cm³/mol. The summed E-state index contributed by atoms with van der Waals surface area (Å²) >= 11 is 0. The van der Waals surface area contributed by atoms with Crippen molar-refractivity contribution in [1.29, 1.82) is 5.26 Å². The lowest BCUT2D eigenvalue weighted by atomic mass is 10.2. The molecule has 1 heterocycles. The van der Waals surface area contributed by atoms with Crippen LogP contribution in [0.4, 0.5) is 5.95 Å². The van der Waals surface area contributed by atoms with Crippen LogP contribution in [0.15, 0.2) is 29.1 Å². The molecule has 1 aromatic heterocycles. The Kier molecular flexibility index (Phi) is 3.15. The summed E-state index contributed by atoms with van der Waals surface area (Å²) in [4.78, 5) is 12.0. The number of nitriles is 1. The van der Waals surface area contributed by atoms with E-state index >= 15 is 0 Å². The lowest BCUT2D eigenvalue weighted by Gasteiger charge is -2.06. The number of benzene rings is 1. The molecule has 18 heavy (non-hydrogen) atoms. The molecule has 6 nitrogen and oxygen atoms in total. The third kappa shape index (κ3) is 1.98. The molecule has 6 heteroatoms. The largest absolute Gasteiger partial charge is 0.354 e. The molecule has 92 valence electrons. The van der Waals surface area contributed by atoms with Crippen molar-refractivity contribution in [3.63, 3.8) is 0 Å². The Morgan fingerprint density at radius 2 is 2.28 bits per heavy atom. The van der Waals surface area contributed by atoms with Gasteiger partial charge in [0.25, 0.3) is 0 Å². The molecule has 0 unspecified atom stereocenters. The molecule has 1 N–H and O–H groups in total. The van der Waals surface area contributed by atoms with Gasteiger partial charge in [0, 0.05) is 13.6 Å². The molecule has 0 spiro atoms. The van der Waals surface area contributed by atoms with E-state index in [2.05, 4.69) is 16.5 Å². The van der Waals surface area contributed by atoms with Gasteiger partial charge in [-0.25, -0.2) is 14.0 Å². The fourth-order valence-electron chi connectivity index (χ4n) is 1.68. The Balaban J connectivity index is 2.62. The van der Waals surface area contributed by atoms with Crippen LogP contribution in [0.25, 0.3) is 5.69 Å². The van der Waals surface area contributed by atoms with Crippen molar-refractivity contribution in [2.45, 2.75) is 6.92 Å². The molecule has 2 rings (SSSR count). The minimum atomic E-state index is -0.249. The van der Waals surface area contributed by atoms with Gasteiger partial charge in [-0.3, -0.25) is 0 Å². The van der Waals surface area contributed by atoms with Gasteiger partial charge >= 0.3 is 5.69 Å². The van der Waals surface area contributed by atoms with Gasteiger partial charge in [-0.1, -0.05) is 6.07 Å². The first-order valence-corrected chi connectivity index (χ1v) is 5.58. The fraction of sp³-hybridized carbons (Fsp3) is 0.250. The molecule has 2 aromatic rings. The van der Waals surface area contributed by atoms with Crippen LogP contribution < -0.4 is 11.0 Å². The van der Waals surface area contributed by atoms with Gasteiger partial charge in [-0.2, -0.15) is 5.26 Å². The van der Waals surface area contributed by atoms with E-state index in [0.29, 0.717) is 23.7 Å². The van der Waals surface area contributed by atoms with Crippen LogP contribution in [-0.2, 0) is 7.05 Å². The highest BCUT2D eigenvalue weighted by molar-refractivity contribution is 5.45. The summed E-state index contributed by atoms with van der Waals surface area (Å²) in [5.74, 6) is 0.472. The highest BCUT2D eigenvalue weighted by atomic mass is 16.2. The highest BCUT2D eigenvalue weighted by Crippen LogP contribution is 2.12. The van der Waals surface area contributed by atoms with E-state index < -0.39 is 0 Å². The number of nitrogens with zero attached hydrogens (tertiary/aromatic N) is 4. The number of anilines is 1. The summed E-state index contributed by atoms with van der Waals surface area (Å²) < 4.78 is 2.71. The standard InChI is InChI=1S/C12H13N5O/c1-3-14-11-15-16(2)12(18)17(11)10-6-4-5-9(7-10)8-13/h4-7H,3H2,1-2H3,(H,14,15). The van der Waals surface area contributed by atoms with Gasteiger partial charge in [0.1, 0.15) is 0 Å². The van der Waals surface area contributed by atoms with E-state index in [4.69, 9.17) is 5.26 Å². The summed E-state index contributed by atoms with van der Waals surface area (Å²) in [5.41, 5.74) is 0.884. The van der Waals surface area contributed by atoms with Crippen LogP contribution >= 0.6 is 0 Å². The molecule has 0 radical (unpaired) electrons. The fourth-order valence-corrected chi connectivity index (χ4v) is 1.68. The summed E-state index contributed by atoms with van der Waals surface area (Å²) in [5, 5.41) is 16.0. The van der Waals surface area contributed by atoms with Crippen molar-refractivity contribution in [3.8, 4) is 11.8 Å². The Morgan fingerprint density at radius 1 is 1.50 bits per heavy atom. The maximum Gasteiger partial charge on any atom is 0.351 e. The summed E-state index contributed by atoms with van der Waals surface area (Å²) in [6.45, 7) is 2.59. The van der Waals surface area contributed by atoms with Crippen molar-refractivity contribution < 1.29 is 0 Å². The van der Waals surface area contributed by atoms with Crippen LogP contribution in [0.2, 0.25) is 0 Å². The molecule has 0 saturated heterocycles. The lowest BCUT2D eigenvalue weighted by Crippen LogP contribution is -2.22. The number of hydrogen-bond donors (Lipinski definition) is 1. The van der Waals surface area contributed by atoms with E-state index in [-0.39, 0.29) is 5.69 Å². The van der Waals surface area contributed by atoms with Gasteiger partial charge in [-0.15, -0.1) is 5.10 Å². The quantitative estimate of drug-likeness (QED) is 0.868. The molecule has 0 saturated carbocycles. The van der Waals surface area contributed by atoms with Gasteiger partial charge in [0.15, 0.2) is 0 Å². The second-order valence-electron chi connectivity index (χ2n) is 3.76. The molecule has 0 aliphatic rings. The summed E-state index contributed by atoms with van der Waals surface area (Å²) in [6.07, 6.45) is 0. The molecule has 1 aromatic carbocycles. The molecule has 0 atom stereocenters. The van der Waals surface area contributed by atoms with Crippen molar-refractivity contribution in [1.82, 2.24) is 14.3 Å². The Labute approximate surface area is 104 Å². The number of rotatable bonds is 3. The van der Waals surface area contributed by atoms with Crippen LogP contribution in [0, 0.1) is 11.3 Å². The normalized spacial score (nSPS) is 10.1. The SMILES string of the molecule is CCNc1nn(C)c(=O)n1-c1cccc(C#N)c1. The Hall–Kier alpha value is -2.55. The average molecular weight is 243 g/mol. The average Bonchev–Trinajstić information content (AvgIpc) is 2.65. The van der Waals surface area contributed by atoms with Crippen LogP contribution in [0.5, 0.6) is 0 Å². The predicted octanol–water partition coefficient (Wildman–Crippen LogP) is 0.874. The van der Waals surface area contributed by atoms with Crippen LogP contribution in [-0.4, -0.2) is 20.9 Å². The molecule has 0 bridgehead atoms.